The average Bonchev–Trinajstić information content (AvgIpc) is 2.82. The topological polar surface area (TPSA) is 186 Å². The Kier molecular flexibility index (Phi) is 5.41. The lowest BCUT2D eigenvalue weighted by Gasteiger charge is -2.39. The van der Waals surface area contributed by atoms with Crippen LogP contribution in [-0.2, 0) is 19.0 Å². The van der Waals surface area contributed by atoms with Crippen LogP contribution in [0.25, 0.3) is 0 Å². The molecule has 11 heteroatoms. The normalized spacial score (nSPS) is 39.3. The minimum Gasteiger partial charge on any atom is -0.505 e. The number of cyclic esters (lactones) is 1. The molecule has 11 nitrogen and oxygen atoms in total. The zero-order valence-electron chi connectivity index (χ0n) is 11.7. The van der Waals surface area contributed by atoms with Crippen LogP contribution in [-0.4, -0.2) is 97.8 Å². The van der Waals surface area contributed by atoms with Crippen molar-refractivity contribution in [3.63, 3.8) is 0 Å². The van der Waals surface area contributed by atoms with Gasteiger partial charge in [-0.25, -0.2) is 4.79 Å². The van der Waals surface area contributed by atoms with Crippen LogP contribution in [0.1, 0.15) is 0 Å². The first-order chi connectivity index (χ1) is 10.8. The van der Waals surface area contributed by atoms with E-state index in [4.69, 9.17) is 19.7 Å². The van der Waals surface area contributed by atoms with Gasteiger partial charge in [-0.15, -0.1) is 0 Å². The Morgan fingerprint density at radius 3 is 2.35 bits per heavy atom. The molecule has 7 atom stereocenters. The van der Waals surface area contributed by atoms with Crippen LogP contribution in [0.2, 0.25) is 0 Å². The molecule has 132 valence electrons. The van der Waals surface area contributed by atoms with E-state index >= 15 is 0 Å². The van der Waals surface area contributed by atoms with Crippen molar-refractivity contribution in [3.8, 4) is 0 Å². The van der Waals surface area contributed by atoms with Crippen molar-refractivity contribution in [3.05, 3.63) is 11.5 Å². The van der Waals surface area contributed by atoms with Gasteiger partial charge in [0.1, 0.15) is 30.5 Å². The molecule has 2 rings (SSSR count). The smallest absolute Gasteiger partial charge is 0.378 e. The summed E-state index contributed by atoms with van der Waals surface area (Å²) in [6, 6.07) is 0. The van der Waals surface area contributed by atoms with Gasteiger partial charge in [0.25, 0.3) is 0 Å². The monoisotopic (exact) mass is 338 g/mol. The molecule has 2 heterocycles. The van der Waals surface area contributed by atoms with Crippen molar-refractivity contribution in [1.29, 1.82) is 0 Å². The summed E-state index contributed by atoms with van der Waals surface area (Å²) in [7, 11) is 0. The third-order valence-electron chi connectivity index (χ3n) is 3.54. The molecule has 0 aliphatic carbocycles. The highest BCUT2D eigenvalue weighted by Crippen LogP contribution is 2.29. The Hall–Kier alpha value is -1.47. The lowest BCUT2D eigenvalue weighted by Crippen LogP contribution is -2.59. The highest BCUT2D eigenvalue weighted by atomic mass is 16.7. The first kappa shape index (κ1) is 17.9. The van der Waals surface area contributed by atoms with Crippen molar-refractivity contribution in [1.82, 2.24) is 0 Å². The second-order valence-corrected chi connectivity index (χ2v) is 5.11. The lowest BCUT2D eigenvalue weighted by molar-refractivity contribution is -0.291. The van der Waals surface area contributed by atoms with Gasteiger partial charge in [0.05, 0.1) is 13.2 Å². The predicted octanol–water partition coefficient (Wildman–Crippen LogP) is -4.15. The van der Waals surface area contributed by atoms with Gasteiger partial charge in [0.2, 0.25) is 12.0 Å². The summed E-state index contributed by atoms with van der Waals surface area (Å²) in [6.07, 6.45) is -11.2. The van der Waals surface area contributed by atoms with Gasteiger partial charge in [-0.3, -0.25) is 0 Å². The predicted molar refractivity (Wildman–Crippen MR) is 67.5 cm³/mol. The molecule has 0 bridgehead atoms. The molecule has 0 amide bonds. The summed E-state index contributed by atoms with van der Waals surface area (Å²) in [5.41, 5.74) is 0. The molecule has 0 saturated carbocycles. The third-order valence-corrected chi connectivity index (χ3v) is 3.54. The number of aliphatic hydroxyl groups excluding tert-OH is 7. The Morgan fingerprint density at radius 1 is 1.13 bits per heavy atom. The molecule has 0 aromatic rings. The van der Waals surface area contributed by atoms with Crippen LogP contribution >= 0.6 is 0 Å². The van der Waals surface area contributed by atoms with Gasteiger partial charge in [0, 0.05) is 0 Å². The standard InChI is InChI=1S/C12H18O11/c13-1-3(15)9-8(19)10(11(20)22-9)23-12-7(18)6(17)5(16)4(2-14)21-12/h3-7,9,12-19H,1-2H2/t3-,4-,5-,6+,7-,9+,12-/m0/s1. The summed E-state index contributed by atoms with van der Waals surface area (Å²) in [5.74, 6) is -2.79. The number of esters is 1. The Morgan fingerprint density at radius 2 is 1.78 bits per heavy atom. The molecule has 0 unspecified atom stereocenters. The molecule has 1 fully saturated rings. The van der Waals surface area contributed by atoms with E-state index in [2.05, 4.69) is 4.74 Å². The maximum absolute atomic E-state index is 11.6. The van der Waals surface area contributed by atoms with Crippen LogP contribution in [0.15, 0.2) is 11.5 Å². The molecule has 0 aromatic carbocycles. The fourth-order valence-electron chi connectivity index (χ4n) is 2.20. The zero-order chi connectivity index (χ0) is 17.3. The van der Waals surface area contributed by atoms with Crippen molar-refractivity contribution in [2.75, 3.05) is 13.2 Å². The number of hydrogen-bond acceptors (Lipinski definition) is 11. The average molecular weight is 338 g/mol. The summed E-state index contributed by atoms with van der Waals surface area (Å²) >= 11 is 0. The minimum atomic E-state index is -1.79. The SMILES string of the molecule is O=C1O[C@H]([C@@H](O)CO)C(O)=C1O[C@@H]1O[C@@H](CO)[C@H](O)[C@@H](O)[C@@H]1O. The van der Waals surface area contributed by atoms with Crippen molar-refractivity contribution in [2.45, 2.75) is 42.9 Å². The van der Waals surface area contributed by atoms with E-state index < -0.39 is 73.6 Å². The maximum atomic E-state index is 11.6. The number of aliphatic hydroxyl groups is 7. The number of carbonyl (C=O) groups is 1. The Bertz CT molecular complexity index is 476. The van der Waals surface area contributed by atoms with Gasteiger partial charge in [-0.2, -0.15) is 0 Å². The zero-order valence-corrected chi connectivity index (χ0v) is 11.7. The van der Waals surface area contributed by atoms with Gasteiger partial charge < -0.3 is 50.0 Å². The molecular weight excluding hydrogens is 320 g/mol. The summed E-state index contributed by atoms with van der Waals surface area (Å²) in [4.78, 5) is 11.6. The Labute approximate surface area is 129 Å². The number of carbonyl (C=O) groups excluding carboxylic acids is 1. The number of hydrogen-bond donors (Lipinski definition) is 7. The molecule has 0 radical (unpaired) electrons. The van der Waals surface area contributed by atoms with Gasteiger partial charge >= 0.3 is 5.97 Å². The van der Waals surface area contributed by atoms with Crippen LogP contribution in [0.3, 0.4) is 0 Å². The van der Waals surface area contributed by atoms with Gasteiger partial charge in [-0.05, 0) is 0 Å². The molecule has 23 heavy (non-hydrogen) atoms. The minimum absolute atomic E-state index is 0.702. The second kappa shape index (κ2) is 6.97. The van der Waals surface area contributed by atoms with Crippen molar-refractivity contribution >= 4 is 5.97 Å². The number of ether oxygens (including phenoxy) is 3. The van der Waals surface area contributed by atoms with Gasteiger partial charge in [0.15, 0.2) is 11.9 Å². The fraction of sp³-hybridized carbons (Fsp3) is 0.750. The highest BCUT2D eigenvalue weighted by Gasteiger charge is 2.48. The summed E-state index contributed by atoms with van der Waals surface area (Å²) in [5, 5.41) is 66.1. The molecule has 7 N–H and O–H groups in total. The van der Waals surface area contributed by atoms with Crippen molar-refractivity contribution in [2.24, 2.45) is 0 Å². The lowest BCUT2D eigenvalue weighted by atomic mass is 9.99. The summed E-state index contributed by atoms with van der Waals surface area (Å²) in [6.45, 7) is -1.50. The second-order valence-electron chi connectivity index (χ2n) is 5.11. The van der Waals surface area contributed by atoms with E-state index in [0.717, 1.165) is 0 Å². The summed E-state index contributed by atoms with van der Waals surface area (Å²) < 4.78 is 14.6. The van der Waals surface area contributed by atoms with Crippen LogP contribution in [0.4, 0.5) is 0 Å². The number of rotatable bonds is 5. The molecular formula is C12H18O11. The maximum Gasteiger partial charge on any atom is 0.378 e. The fourth-order valence-corrected chi connectivity index (χ4v) is 2.20. The van der Waals surface area contributed by atoms with E-state index in [-0.39, 0.29) is 0 Å². The van der Waals surface area contributed by atoms with E-state index in [1.54, 1.807) is 0 Å². The first-order valence-electron chi connectivity index (χ1n) is 6.72. The van der Waals surface area contributed by atoms with Crippen LogP contribution < -0.4 is 0 Å². The third kappa shape index (κ3) is 3.26. The van der Waals surface area contributed by atoms with E-state index in [9.17, 15) is 30.3 Å². The molecule has 0 aromatic heterocycles. The van der Waals surface area contributed by atoms with Gasteiger partial charge in [-0.1, -0.05) is 0 Å². The van der Waals surface area contributed by atoms with Crippen LogP contribution in [0, 0.1) is 0 Å². The van der Waals surface area contributed by atoms with Crippen molar-refractivity contribution < 1.29 is 54.8 Å². The molecule has 0 spiro atoms. The van der Waals surface area contributed by atoms with E-state index in [1.165, 1.54) is 0 Å². The highest BCUT2D eigenvalue weighted by molar-refractivity contribution is 5.89. The molecule has 1 saturated heterocycles. The molecule has 2 aliphatic rings. The largest absolute Gasteiger partial charge is 0.505 e. The molecule has 2 aliphatic heterocycles. The Balaban J connectivity index is 2.16. The quantitative estimate of drug-likeness (QED) is 0.241. The van der Waals surface area contributed by atoms with E-state index in [0.29, 0.717) is 0 Å². The van der Waals surface area contributed by atoms with E-state index in [1.807, 2.05) is 0 Å². The van der Waals surface area contributed by atoms with Crippen LogP contribution in [0.5, 0.6) is 0 Å². The first-order valence-corrected chi connectivity index (χ1v) is 6.72.